The van der Waals surface area contributed by atoms with Gasteiger partial charge in [-0.25, -0.2) is 22.0 Å². The fourth-order valence-electron chi connectivity index (χ4n) is 3.62. The van der Waals surface area contributed by atoms with Crippen LogP contribution in [0.25, 0.3) is 0 Å². The second kappa shape index (κ2) is 10.6. The second-order valence-corrected chi connectivity index (χ2v) is 8.40. The van der Waals surface area contributed by atoms with Crippen LogP contribution in [0.5, 0.6) is 0 Å². The van der Waals surface area contributed by atoms with Gasteiger partial charge in [0.2, 0.25) is 0 Å². The molecule has 0 spiro atoms. The van der Waals surface area contributed by atoms with Gasteiger partial charge in [-0.2, -0.15) is 52.7 Å². The third-order valence-corrected chi connectivity index (χ3v) is 5.55. The maximum absolute atomic E-state index is 15.3. The molecular weight excluding hydrogens is 589 g/mol. The first-order valence-electron chi connectivity index (χ1n) is 10.1. The fraction of sp³-hybridized carbons (Fsp3) is 1.00. The molecule has 2 fully saturated rings. The van der Waals surface area contributed by atoms with Crippen molar-refractivity contribution in [2.45, 2.75) is 79.6 Å². The van der Waals surface area contributed by atoms with Crippen LogP contribution in [-0.2, 0) is 14.2 Å². The predicted octanol–water partition coefficient (Wildman–Crippen LogP) is 5.46. The lowest BCUT2D eigenvalue weighted by Crippen LogP contribution is -2.69. The van der Waals surface area contributed by atoms with Crippen molar-refractivity contribution in [2.75, 3.05) is 26.3 Å². The molecule has 7 unspecified atom stereocenters. The molecule has 21 heteroatoms. The number of halogens is 17. The summed E-state index contributed by atoms with van der Waals surface area (Å²) >= 11 is 0. The lowest BCUT2D eigenvalue weighted by Gasteiger charge is -2.46. The minimum Gasteiger partial charge on any atom is -0.373 e. The molecular formula is C17H16F17NO3. The Labute approximate surface area is 200 Å². The maximum atomic E-state index is 15.3. The van der Waals surface area contributed by atoms with Crippen LogP contribution in [0.4, 0.5) is 74.6 Å². The first kappa shape index (κ1) is 32.9. The number of rotatable bonds is 6. The van der Waals surface area contributed by atoms with Gasteiger partial charge >= 0.3 is 24.7 Å². The Morgan fingerprint density at radius 2 is 1.13 bits per heavy atom. The highest BCUT2D eigenvalue weighted by Crippen LogP contribution is 2.47. The maximum Gasteiger partial charge on any atom is 0.429 e. The standard InChI is InChI=1S/C17H16F17NO3/c18-10(16(29,30)31)12(20,21)1-6-4-37-9(5-36-6)13(22,17(32,33)34)11(19)35-2-7(14(23,24)25)38-8(3-35)15(26,27)28/h6-11H,1-5H2. The van der Waals surface area contributed by atoms with Crippen molar-refractivity contribution in [3.8, 4) is 0 Å². The molecule has 0 radical (unpaired) electrons. The zero-order valence-electron chi connectivity index (χ0n) is 18.1. The summed E-state index contributed by atoms with van der Waals surface area (Å²) in [5.41, 5.74) is -5.43. The third-order valence-electron chi connectivity index (χ3n) is 5.55. The molecule has 7 atom stereocenters. The quantitative estimate of drug-likeness (QED) is 0.298. The van der Waals surface area contributed by atoms with E-state index >= 15 is 4.39 Å². The van der Waals surface area contributed by atoms with E-state index in [4.69, 9.17) is 0 Å². The lowest BCUT2D eigenvalue weighted by atomic mass is 9.93. The van der Waals surface area contributed by atoms with Crippen molar-refractivity contribution in [3.05, 3.63) is 0 Å². The molecule has 0 amide bonds. The molecule has 0 saturated carbocycles. The number of hydrogen-bond acceptors (Lipinski definition) is 4. The van der Waals surface area contributed by atoms with Gasteiger partial charge in [0, 0.05) is 19.5 Å². The van der Waals surface area contributed by atoms with Gasteiger partial charge in [0.1, 0.15) is 6.10 Å². The summed E-state index contributed by atoms with van der Waals surface area (Å²) < 4.78 is 238. The van der Waals surface area contributed by atoms with Gasteiger partial charge in [0.25, 0.3) is 17.8 Å². The first-order chi connectivity index (χ1) is 16.8. The number of ether oxygens (including phenoxy) is 3. The van der Waals surface area contributed by atoms with Crippen molar-refractivity contribution < 1.29 is 88.8 Å². The molecule has 2 aliphatic rings. The summed E-state index contributed by atoms with van der Waals surface area (Å²) in [6.07, 6.45) is -47.5. The van der Waals surface area contributed by atoms with Crippen molar-refractivity contribution in [1.82, 2.24) is 4.90 Å². The fourth-order valence-corrected chi connectivity index (χ4v) is 3.62. The smallest absolute Gasteiger partial charge is 0.373 e. The van der Waals surface area contributed by atoms with Crippen LogP contribution in [0, 0.1) is 0 Å². The topological polar surface area (TPSA) is 30.9 Å². The van der Waals surface area contributed by atoms with E-state index in [9.17, 15) is 70.2 Å². The highest BCUT2D eigenvalue weighted by atomic mass is 19.4. The predicted molar refractivity (Wildman–Crippen MR) is 87.1 cm³/mol. The third kappa shape index (κ3) is 7.04. The Morgan fingerprint density at radius 1 is 0.658 bits per heavy atom. The molecule has 0 bridgehead atoms. The van der Waals surface area contributed by atoms with Crippen LogP contribution in [0.2, 0.25) is 0 Å². The highest BCUT2D eigenvalue weighted by Gasteiger charge is 2.70. The summed E-state index contributed by atoms with van der Waals surface area (Å²) in [6.45, 7) is -7.51. The van der Waals surface area contributed by atoms with Gasteiger partial charge in [-0.05, 0) is 0 Å². The van der Waals surface area contributed by atoms with Gasteiger partial charge in [-0.3, -0.25) is 4.90 Å². The largest absolute Gasteiger partial charge is 0.429 e. The average molecular weight is 605 g/mol. The van der Waals surface area contributed by atoms with Crippen LogP contribution < -0.4 is 0 Å². The van der Waals surface area contributed by atoms with E-state index in [-0.39, 0.29) is 0 Å². The second-order valence-electron chi connectivity index (χ2n) is 8.40. The Morgan fingerprint density at radius 3 is 1.47 bits per heavy atom. The van der Waals surface area contributed by atoms with E-state index in [0.717, 1.165) is 0 Å². The molecule has 0 aromatic carbocycles. The van der Waals surface area contributed by atoms with Crippen molar-refractivity contribution in [2.24, 2.45) is 0 Å². The van der Waals surface area contributed by atoms with Crippen LogP contribution in [0.3, 0.4) is 0 Å². The number of morpholine rings is 1. The Hall–Kier alpha value is -1.35. The monoisotopic (exact) mass is 605 g/mol. The van der Waals surface area contributed by atoms with Crippen molar-refractivity contribution >= 4 is 0 Å². The SMILES string of the molecule is FC(C(F)(F)F)C(F)(F)CC1COC(C(F)(C(F)N2CC(C(F)(F)F)OC(C(F)(F)F)C2)C(F)(F)F)CO1. The zero-order valence-corrected chi connectivity index (χ0v) is 18.1. The highest BCUT2D eigenvalue weighted by molar-refractivity contribution is 5.04. The van der Waals surface area contributed by atoms with Gasteiger partial charge < -0.3 is 14.2 Å². The van der Waals surface area contributed by atoms with E-state index < -0.39 is 111 Å². The van der Waals surface area contributed by atoms with Crippen LogP contribution in [0.1, 0.15) is 6.42 Å². The van der Waals surface area contributed by atoms with Crippen molar-refractivity contribution in [1.29, 1.82) is 0 Å². The summed E-state index contributed by atoms with van der Waals surface area (Å²) in [5, 5.41) is 0. The van der Waals surface area contributed by atoms with Gasteiger partial charge in [-0.15, -0.1) is 0 Å². The van der Waals surface area contributed by atoms with Gasteiger partial charge in [-0.1, -0.05) is 0 Å². The van der Waals surface area contributed by atoms with E-state index in [0.29, 0.717) is 0 Å². The molecule has 0 aromatic rings. The number of alkyl halides is 17. The molecule has 2 heterocycles. The molecule has 0 aromatic heterocycles. The van der Waals surface area contributed by atoms with E-state index in [2.05, 4.69) is 14.2 Å². The van der Waals surface area contributed by atoms with Crippen molar-refractivity contribution in [3.63, 3.8) is 0 Å². The molecule has 2 rings (SSSR count). The first-order valence-corrected chi connectivity index (χ1v) is 10.1. The van der Waals surface area contributed by atoms with Crippen LogP contribution in [0.15, 0.2) is 0 Å². The van der Waals surface area contributed by atoms with E-state index in [1.165, 1.54) is 0 Å². The molecule has 0 aliphatic carbocycles. The molecule has 0 N–H and O–H groups in total. The van der Waals surface area contributed by atoms with Crippen LogP contribution >= 0.6 is 0 Å². The molecule has 226 valence electrons. The average Bonchev–Trinajstić information content (AvgIpc) is 2.74. The molecule has 2 aliphatic heterocycles. The Bertz CT molecular complexity index is 767. The minimum atomic E-state index is -6.42. The van der Waals surface area contributed by atoms with Gasteiger partial charge in [0.15, 0.2) is 18.5 Å². The Kier molecular flexibility index (Phi) is 9.14. The minimum absolute atomic E-state index is 0.784. The van der Waals surface area contributed by atoms with E-state index in [1.807, 2.05) is 0 Å². The number of hydrogen-bond donors (Lipinski definition) is 0. The normalized spacial score (nSPS) is 30.6. The summed E-state index contributed by atoms with van der Waals surface area (Å²) in [5.74, 6) is -5.20. The summed E-state index contributed by atoms with van der Waals surface area (Å²) in [6, 6.07) is 0. The lowest BCUT2D eigenvalue weighted by molar-refractivity contribution is -0.345. The molecule has 38 heavy (non-hydrogen) atoms. The molecule has 4 nitrogen and oxygen atoms in total. The van der Waals surface area contributed by atoms with E-state index in [1.54, 1.807) is 0 Å². The number of nitrogens with zero attached hydrogens (tertiary/aromatic N) is 1. The molecule has 2 saturated heterocycles. The Balaban J connectivity index is 2.26. The zero-order chi connectivity index (χ0) is 29.7. The summed E-state index contributed by atoms with van der Waals surface area (Å²) in [4.78, 5) is -0.784. The van der Waals surface area contributed by atoms with Crippen LogP contribution in [-0.4, -0.2) is 104 Å². The summed E-state index contributed by atoms with van der Waals surface area (Å²) in [7, 11) is 0. The van der Waals surface area contributed by atoms with Gasteiger partial charge in [0.05, 0.1) is 19.3 Å².